The molecule has 0 saturated carbocycles. The number of amides is 1. The summed E-state index contributed by atoms with van der Waals surface area (Å²) in [6.45, 7) is 7.18. The highest BCUT2D eigenvalue weighted by atomic mass is 32.2. The largest absolute Gasteiger partial charge is 0.421 e. The highest BCUT2D eigenvalue weighted by Crippen LogP contribution is 2.26. The van der Waals surface area contributed by atoms with Gasteiger partial charge in [-0.1, -0.05) is 6.07 Å². The summed E-state index contributed by atoms with van der Waals surface area (Å²) in [5.41, 5.74) is 3.82. The van der Waals surface area contributed by atoms with Crippen molar-refractivity contribution in [2.24, 2.45) is 0 Å². The molecule has 9 heteroatoms. The molecular weight excluding hydrogens is 398 g/mol. The number of nitrogens with zero attached hydrogens (tertiary/aromatic N) is 2. The SMILES string of the molecule is Cc1cc(C)c(C)c(S(=O)(=O)NC(=O)CCc2nnc(-c3ccsc3)o2)c1C. The molecule has 0 spiro atoms. The zero-order valence-electron chi connectivity index (χ0n) is 16.1. The molecule has 0 aliphatic heterocycles. The summed E-state index contributed by atoms with van der Waals surface area (Å²) < 4.78 is 33.2. The fourth-order valence-corrected chi connectivity index (χ4v) is 5.18. The van der Waals surface area contributed by atoms with Crippen molar-refractivity contribution in [3.05, 3.63) is 51.0 Å². The van der Waals surface area contributed by atoms with Crippen LogP contribution in [0.2, 0.25) is 0 Å². The van der Waals surface area contributed by atoms with Crippen molar-refractivity contribution < 1.29 is 17.6 Å². The van der Waals surface area contributed by atoms with Crippen molar-refractivity contribution in [2.75, 3.05) is 0 Å². The second-order valence-corrected chi connectivity index (χ2v) is 9.03. The molecule has 1 amide bonds. The van der Waals surface area contributed by atoms with E-state index in [9.17, 15) is 13.2 Å². The van der Waals surface area contributed by atoms with Gasteiger partial charge in [-0.15, -0.1) is 10.2 Å². The number of carbonyl (C=O) groups excluding carboxylic acids is 1. The molecule has 3 rings (SSSR count). The van der Waals surface area contributed by atoms with E-state index < -0.39 is 15.9 Å². The van der Waals surface area contributed by atoms with Crippen LogP contribution in [0, 0.1) is 27.7 Å². The predicted molar refractivity (Wildman–Crippen MR) is 107 cm³/mol. The topological polar surface area (TPSA) is 102 Å². The molecule has 0 saturated heterocycles. The Balaban J connectivity index is 1.70. The van der Waals surface area contributed by atoms with E-state index in [1.54, 1.807) is 13.8 Å². The maximum Gasteiger partial charge on any atom is 0.264 e. The molecule has 1 aromatic carbocycles. The van der Waals surface area contributed by atoms with E-state index in [2.05, 4.69) is 14.9 Å². The molecule has 148 valence electrons. The number of hydrogen-bond acceptors (Lipinski definition) is 7. The molecule has 0 bridgehead atoms. The third-order valence-corrected chi connectivity index (χ3v) is 6.94. The average molecular weight is 420 g/mol. The molecule has 0 fully saturated rings. The standard InChI is InChI=1S/C19H21N3O4S2/c1-11-9-12(2)14(4)18(13(11)3)28(24,25)22-16(23)5-6-17-20-21-19(26-17)15-7-8-27-10-15/h7-10H,5-6H2,1-4H3,(H,22,23). The van der Waals surface area contributed by atoms with Crippen LogP contribution in [0.1, 0.15) is 34.6 Å². The van der Waals surface area contributed by atoms with Crippen LogP contribution in [0.25, 0.3) is 11.5 Å². The first-order valence-electron chi connectivity index (χ1n) is 8.67. The van der Waals surface area contributed by atoms with Crippen molar-refractivity contribution in [1.29, 1.82) is 0 Å². The summed E-state index contributed by atoms with van der Waals surface area (Å²) in [6, 6.07) is 3.79. The van der Waals surface area contributed by atoms with Gasteiger partial charge in [-0.25, -0.2) is 13.1 Å². The Bertz CT molecular complexity index is 1090. The fourth-order valence-electron chi connectivity index (χ4n) is 2.91. The first-order chi connectivity index (χ1) is 13.2. The fraction of sp³-hybridized carbons (Fsp3) is 0.316. The normalized spacial score (nSPS) is 11.6. The van der Waals surface area contributed by atoms with Crippen molar-refractivity contribution >= 4 is 27.3 Å². The van der Waals surface area contributed by atoms with Crippen LogP contribution in [0.3, 0.4) is 0 Å². The van der Waals surface area contributed by atoms with E-state index in [4.69, 9.17) is 4.42 Å². The van der Waals surface area contributed by atoms with Crippen LogP contribution in [-0.2, 0) is 21.2 Å². The van der Waals surface area contributed by atoms with Gasteiger partial charge in [0, 0.05) is 23.8 Å². The maximum absolute atomic E-state index is 12.8. The second-order valence-electron chi connectivity index (χ2n) is 6.63. The first-order valence-corrected chi connectivity index (χ1v) is 11.1. The number of sulfonamides is 1. The van der Waals surface area contributed by atoms with Gasteiger partial charge in [0.05, 0.1) is 4.90 Å². The number of benzene rings is 1. The highest BCUT2D eigenvalue weighted by molar-refractivity contribution is 7.90. The summed E-state index contributed by atoms with van der Waals surface area (Å²) in [5, 5.41) is 11.6. The van der Waals surface area contributed by atoms with E-state index in [0.29, 0.717) is 17.0 Å². The smallest absolute Gasteiger partial charge is 0.264 e. The van der Waals surface area contributed by atoms with Crippen molar-refractivity contribution in [3.63, 3.8) is 0 Å². The van der Waals surface area contributed by atoms with Crippen molar-refractivity contribution in [3.8, 4) is 11.5 Å². The Morgan fingerprint density at radius 3 is 2.43 bits per heavy atom. The molecule has 7 nitrogen and oxygen atoms in total. The lowest BCUT2D eigenvalue weighted by Gasteiger charge is -2.16. The summed E-state index contributed by atoms with van der Waals surface area (Å²) in [4.78, 5) is 12.4. The summed E-state index contributed by atoms with van der Waals surface area (Å²) in [7, 11) is -3.97. The molecule has 0 atom stereocenters. The number of thiophene rings is 1. The van der Waals surface area contributed by atoms with E-state index in [1.165, 1.54) is 11.3 Å². The van der Waals surface area contributed by atoms with Crippen LogP contribution >= 0.6 is 11.3 Å². The molecule has 2 aromatic heterocycles. The minimum absolute atomic E-state index is 0.0760. The van der Waals surface area contributed by atoms with E-state index in [1.807, 2.05) is 36.7 Å². The quantitative estimate of drug-likeness (QED) is 0.656. The van der Waals surface area contributed by atoms with Crippen molar-refractivity contribution in [1.82, 2.24) is 14.9 Å². The zero-order valence-corrected chi connectivity index (χ0v) is 17.7. The Kier molecular flexibility index (Phi) is 5.66. The molecule has 1 N–H and O–H groups in total. The Morgan fingerprint density at radius 2 is 1.82 bits per heavy atom. The molecule has 28 heavy (non-hydrogen) atoms. The van der Waals surface area contributed by atoms with Gasteiger partial charge in [0.25, 0.3) is 10.0 Å². The van der Waals surface area contributed by atoms with Crippen LogP contribution in [0.15, 0.2) is 32.2 Å². The molecule has 0 aliphatic rings. The van der Waals surface area contributed by atoms with Gasteiger partial charge in [0.15, 0.2) is 0 Å². The van der Waals surface area contributed by atoms with Gasteiger partial charge in [0.1, 0.15) is 0 Å². The molecule has 0 unspecified atom stereocenters. The minimum atomic E-state index is -3.97. The number of aryl methyl sites for hydroxylation is 3. The van der Waals surface area contributed by atoms with Crippen LogP contribution in [0.4, 0.5) is 0 Å². The summed E-state index contributed by atoms with van der Waals surface area (Å²) in [5.74, 6) is 0.0477. The van der Waals surface area contributed by atoms with Gasteiger partial charge >= 0.3 is 0 Å². The molecule has 0 aliphatic carbocycles. The number of aromatic nitrogens is 2. The molecular formula is C19H21N3O4S2. The molecule has 3 aromatic rings. The Hall–Kier alpha value is -2.52. The third kappa shape index (κ3) is 4.15. The Morgan fingerprint density at radius 1 is 1.14 bits per heavy atom. The monoisotopic (exact) mass is 419 g/mol. The molecule has 2 heterocycles. The van der Waals surface area contributed by atoms with Gasteiger partial charge in [-0.2, -0.15) is 11.3 Å². The number of carbonyl (C=O) groups is 1. The predicted octanol–water partition coefficient (Wildman–Crippen LogP) is 3.47. The Labute approximate surface area is 167 Å². The number of nitrogens with one attached hydrogen (secondary N) is 1. The highest BCUT2D eigenvalue weighted by Gasteiger charge is 2.24. The lowest BCUT2D eigenvalue weighted by Crippen LogP contribution is -2.32. The number of rotatable bonds is 6. The van der Waals surface area contributed by atoms with Gasteiger partial charge in [-0.3, -0.25) is 4.79 Å². The van der Waals surface area contributed by atoms with Gasteiger partial charge < -0.3 is 4.42 Å². The zero-order chi connectivity index (χ0) is 20.5. The average Bonchev–Trinajstić information content (AvgIpc) is 3.29. The van der Waals surface area contributed by atoms with Gasteiger partial charge in [0.2, 0.25) is 17.7 Å². The summed E-state index contributed by atoms with van der Waals surface area (Å²) in [6.07, 6.45) is 0.0801. The minimum Gasteiger partial charge on any atom is -0.421 e. The lowest BCUT2D eigenvalue weighted by atomic mass is 10.0. The van der Waals surface area contributed by atoms with Crippen LogP contribution in [0.5, 0.6) is 0 Å². The summed E-state index contributed by atoms with van der Waals surface area (Å²) >= 11 is 1.51. The lowest BCUT2D eigenvalue weighted by molar-refractivity contribution is -0.119. The number of hydrogen-bond donors (Lipinski definition) is 1. The van der Waals surface area contributed by atoms with Crippen LogP contribution < -0.4 is 4.72 Å². The maximum atomic E-state index is 12.8. The second kappa shape index (κ2) is 7.84. The van der Waals surface area contributed by atoms with E-state index in [-0.39, 0.29) is 23.6 Å². The van der Waals surface area contributed by atoms with Crippen LogP contribution in [-0.4, -0.2) is 24.5 Å². The van der Waals surface area contributed by atoms with Crippen molar-refractivity contribution in [2.45, 2.75) is 45.4 Å². The van der Waals surface area contributed by atoms with E-state index >= 15 is 0 Å². The van der Waals surface area contributed by atoms with Gasteiger partial charge in [-0.05, 0) is 61.4 Å². The first kappa shape index (κ1) is 20.2. The third-order valence-electron chi connectivity index (χ3n) is 4.62. The van der Waals surface area contributed by atoms with E-state index in [0.717, 1.165) is 16.7 Å². The molecule has 0 radical (unpaired) electrons.